The van der Waals surface area contributed by atoms with Crippen LogP contribution in [0.3, 0.4) is 0 Å². The molecular formula is C24H19ClN2O6. The third-order valence-corrected chi connectivity index (χ3v) is 4.98. The zero-order chi connectivity index (χ0) is 23.4. The summed E-state index contributed by atoms with van der Waals surface area (Å²) < 4.78 is 21.4. The lowest BCUT2D eigenvalue weighted by Crippen LogP contribution is -2.16. The molecule has 0 aliphatic heterocycles. The predicted octanol–water partition coefficient (Wildman–Crippen LogP) is 5.30. The third kappa shape index (κ3) is 4.91. The van der Waals surface area contributed by atoms with E-state index in [1.807, 2.05) is 6.92 Å². The Kier molecular flexibility index (Phi) is 6.46. The number of amides is 1. The lowest BCUT2D eigenvalue weighted by Gasteiger charge is -2.04. The number of ether oxygens (including phenoxy) is 2. The first-order valence-electron chi connectivity index (χ1n) is 9.96. The van der Waals surface area contributed by atoms with Crippen LogP contribution in [-0.4, -0.2) is 31.8 Å². The van der Waals surface area contributed by atoms with Crippen molar-refractivity contribution in [2.45, 2.75) is 6.92 Å². The minimum Gasteiger partial charge on any atom is -0.494 e. The summed E-state index contributed by atoms with van der Waals surface area (Å²) in [7, 11) is 1.29. The topological polar surface area (TPSA) is 103 Å². The first-order valence-corrected chi connectivity index (χ1v) is 10.3. The fourth-order valence-corrected chi connectivity index (χ4v) is 3.38. The predicted molar refractivity (Wildman–Crippen MR) is 123 cm³/mol. The minimum absolute atomic E-state index is 0.122. The van der Waals surface area contributed by atoms with Crippen molar-refractivity contribution in [1.29, 1.82) is 0 Å². The van der Waals surface area contributed by atoms with E-state index in [0.29, 0.717) is 35.0 Å². The first kappa shape index (κ1) is 22.2. The molecule has 0 aliphatic carbocycles. The molecule has 0 spiro atoms. The van der Waals surface area contributed by atoms with Crippen molar-refractivity contribution in [1.82, 2.24) is 5.43 Å². The van der Waals surface area contributed by atoms with E-state index in [1.54, 1.807) is 54.6 Å². The van der Waals surface area contributed by atoms with Crippen LogP contribution < -0.4 is 10.2 Å². The Labute approximate surface area is 193 Å². The molecule has 168 valence electrons. The van der Waals surface area contributed by atoms with Crippen LogP contribution in [0.5, 0.6) is 5.75 Å². The summed E-state index contributed by atoms with van der Waals surface area (Å²) in [5.74, 6) is 0.723. The maximum atomic E-state index is 12.4. The second kappa shape index (κ2) is 9.62. The van der Waals surface area contributed by atoms with E-state index in [9.17, 15) is 9.59 Å². The average molecular weight is 467 g/mol. The molecule has 2 aromatic heterocycles. The van der Waals surface area contributed by atoms with Crippen molar-refractivity contribution < 1.29 is 27.9 Å². The van der Waals surface area contributed by atoms with Crippen molar-refractivity contribution in [3.63, 3.8) is 0 Å². The molecule has 0 radical (unpaired) electrons. The molecule has 0 saturated carbocycles. The smallest absolute Gasteiger partial charge is 0.339 e. The van der Waals surface area contributed by atoms with Crippen molar-refractivity contribution in [3.8, 4) is 17.1 Å². The van der Waals surface area contributed by atoms with Gasteiger partial charge in [-0.05, 0) is 55.5 Å². The number of nitrogens with zero attached hydrogens (tertiary/aromatic N) is 1. The number of hydrogen-bond donors (Lipinski definition) is 1. The van der Waals surface area contributed by atoms with Gasteiger partial charge in [0.1, 0.15) is 22.9 Å². The van der Waals surface area contributed by atoms with Crippen LogP contribution in [0, 0.1) is 0 Å². The highest BCUT2D eigenvalue weighted by Crippen LogP contribution is 2.27. The van der Waals surface area contributed by atoms with Crippen LogP contribution in [0.1, 0.15) is 33.6 Å². The second-order valence-electron chi connectivity index (χ2n) is 6.83. The highest BCUT2D eigenvalue weighted by molar-refractivity contribution is 6.33. The zero-order valence-corrected chi connectivity index (χ0v) is 18.5. The van der Waals surface area contributed by atoms with E-state index in [4.69, 9.17) is 25.2 Å². The molecule has 9 heteroatoms. The van der Waals surface area contributed by atoms with Gasteiger partial charge in [-0.1, -0.05) is 17.7 Å². The number of carbonyl (C=O) groups is 2. The summed E-state index contributed by atoms with van der Waals surface area (Å²) >= 11 is 6.16. The van der Waals surface area contributed by atoms with Gasteiger partial charge in [0, 0.05) is 10.9 Å². The van der Waals surface area contributed by atoms with Crippen LogP contribution >= 0.6 is 11.6 Å². The fraction of sp³-hybridized carbons (Fsp3) is 0.125. The summed E-state index contributed by atoms with van der Waals surface area (Å²) in [5.41, 5.74) is 3.91. The number of fused-ring (bicyclic) bond motifs is 1. The monoisotopic (exact) mass is 466 g/mol. The summed E-state index contributed by atoms with van der Waals surface area (Å²) in [6.45, 7) is 2.44. The Morgan fingerprint density at radius 1 is 1.09 bits per heavy atom. The number of carbonyl (C=O) groups excluding carboxylic acids is 2. The number of halogens is 1. The molecule has 0 atom stereocenters. The van der Waals surface area contributed by atoms with Gasteiger partial charge in [0.05, 0.1) is 30.5 Å². The Hall–Kier alpha value is -4.04. The molecule has 0 unspecified atom stereocenters. The fourth-order valence-electron chi connectivity index (χ4n) is 3.12. The van der Waals surface area contributed by atoms with Crippen LogP contribution in [0.15, 0.2) is 68.5 Å². The normalized spacial score (nSPS) is 11.1. The second-order valence-corrected chi connectivity index (χ2v) is 7.24. The van der Waals surface area contributed by atoms with Crippen molar-refractivity contribution in [2.24, 2.45) is 5.10 Å². The van der Waals surface area contributed by atoms with Gasteiger partial charge in [-0.2, -0.15) is 5.10 Å². The molecule has 33 heavy (non-hydrogen) atoms. The standard InChI is InChI=1S/C24H19ClN2O6/c1-3-31-16-5-8-21-15(10-16)12-22(33-21)23(28)27-26-13-17-6-9-20(32-17)14-4-7-18(19(25)11-14)24(29)30-2/h4-13H,3H2,1-2H3,(H,27,28)/b26-13+. The number of nitrogens with one attached hydrogen (secondary N) is 1. The van der Waals surface area contributed by atoms with E-state index in [1.165, 1.54) is 13.3 Å². The highest BCUT2D eigenvalue weighted by Gasteiger charge is 2.14. The van der Waals surface area contributed by atoms with Gasteiger partial charge in [0.2, 0.25) is 0 Å². The molecule has 1 amide bonds. The Balaban J connectivity index is 1.42. The average Bonchev–Trinajstić information content (AvgIpc) is 3.45. The van der Waals surface area contributed by atoms with E-state index < -0.39 is 11.9 Å². The molecule has 0 fully saturated rings. The van der Waals surface area contributed by atoms with Crippen molar-refractivity contribution >= 4 is 40.7 Å². The lowest BCUT2D eigenvalue weighted by molar-refractivity contribution is 0.0600. The summed E-state index contributed by atoms with van der Waals surface area (Å²) in [4.78, 5) is 24.0. The van der Waals surface area contributed by atoms with Gasteiger partial charge in [-0.15, -0.1) is 0 Å². The number of furan rings is 2. The molecule has 4 aromatic rings. The van der Waals surface area contributed by atoms with Crippen LogP contribution in [-0.2, 0) is 4.74 Å². The van der Waals surface area contributed by atoms with Gasteiger partial charge < -0.3 is 18.3 Å². The minimum atomic E-state index is -0.520. The van der Waals surface area contributed by atoms with Gasteiger partial charge >= 0.3 is 11.9 Å². The first-order chi connectivity index (χ1) is 16.0. The van der Waals surface area contributed by atoms with Crippen molar-refractivity contribution in [2.75, 3.05) is 13.7 Å². The molecule has 4 rings (SSSR count). The summed E-state index contributed by atoms with van der Waals surface area (Å²) in [5, 5.41) is 4.92. The van der Waals surface area contributed by atoms with Crippen LogP contribution in [0.2, 0.25) is 5.02 Å². The molecule has 0 bridgehead atoms. The maximum Gasteiger partial charge on any atom is 0.339 e. The summed E-state index contributed by atoms with van der Waals surface area (Å²) in [6, 6.07) is 15.2. The number of esters is 1. The molecule has 2 heterocycles. The SMILES string of the molecule is CCOc1ccc2oc(C(=O)N/N=C/c3ccc(-c4ccc(C(=O)OC)c(Cl)c4)o3)cc2c1. The lowest BCUT2D eigenvalue weighted by atomic mass is 10.1. The van der Waals surface area contributed by atoms with E-state index in [0.717, 1.165) is 5.39 Å². The van der Waals surface area contributed by atoms with Gasteiger partial charge in [0.25, 0.3) is 0 Å². The summed E-state index contributed by atoms with van der Waals surface area (Å²) in [6.07, 6.45) is 1.36. The quantitative estimate of drug-likeness (QED) is 0.225. The third-order valence-electron chi connectivity index (χ3n) is 4.67. The molecule has 2 aromatic carbocycles. The Morgan fingerprint density at radius 2 is 1.94 bits per heavy atom. The molecule has 0 aliphatic rings. The Bertz CT molecular complexity index is 1350. The van der Waals surface area contributed by atoms with E-state index in [-0.39, 0.29) is 16.3 Å². The Morgan fingerprint density at radius 3 is 2.70 bits per heavy atom. The van der Waals surface area contributed by atoms with E-state index in [2.05, 4.69) is 15.3 Å². The molecule has 1 N–H and O–H groups in total. The largest absolute Gasteiger partial charge is 0.494 e. The number of methoxy groups -OCH3 is 1. The molecular weight excluding hydrogens is 448 g/mol. The van der Waals surface area contributed by atoms with Gasteiger partial charge in [-0.3, -0.25) is 4.79 Å². The molecule has 8 nitrogen and oxygen atoms in total. The number of hydrazone groups is 1. The highest BCUT2D eigenvalue weighted by atomic mass is 35.5. The van der Waals surface area contributed by atoms with Crippen LogP contribution in [0.4, 0.5) is 0 Å². The van der Waals surface area contributed by atoms with Crippen molar-refractivity contribution in [3.05, 3.63) is 76.7 Å². The zero-order valence-electron chi connectivity index (χ0n) is 17.8. The van der Waals surface area contributed by atoms with E-state index >= 15 is 0 Å². The number of hydrogen-bond acceptors (Lipinski definition) is 7. The number of benzene rings is 2. The number of rotatable bonds is 7. The maximum absolute atomic E-state index is 12.4. The van der Waals surface area contributed by atoms with Gasteiger partial charge in [-0.25, -0.2) is 10.2 Å². The van der Waals surface area contributed by atoms with Gasteiger partial charge in [0.15, 0.2) is 5.76 Å². The van der Waals surface area contributed by atoms with Crippen LogP contribution in [0.25, 0.3) is 22.3 Å². The molecule has 0 saturated heterocycles.